The third-order valence-electron chi connectivity index (χ3n) is 9.59. The largest absolute Gasteiger partial charge is 0.462 e. The van der Waals surface area contributed by atoms with E-state index in [1.807, 2.05) is 13.8 Å². The Balaban J connectivity index is 0.000000127. The second kappa shape index (κ2) is 12.8. The van der Waals surface area contributed by atoms with Crippen LogP contribution in [0.5, 0.6) is 0 Å². The van der Waals surface area contributed by atoms with Crippen LogP contribution >= 0.6 is 0 Å². The fourth-order valence-electron chi connectivity index (χ4n) is 7.38. The molecule has 0 spiro atoms. The normalized spacial score (nSPS) is 41.8. The predicted molar refractivity (Wildman–Crippen MR) is 137 cm³/mol. The first-order chi connectivity index (χ1) is 17.3. The number of esters is 3. The lowest BCUT2D eigenvalue weighted by molar-refractivity contribution is -0.168. The maximum Gasteiger partial charge on any atom is 0.308 e. The number of ether oxygens (including phenoxy) is 3. The van der Waals surface area contributed by atoms with Crippen molar-refractivity contribution in [1.82, 2.24) is 0 Å². The van der Waals surface area contributed by atoms with Gasteiger partial charge in [0.05, 0.1) is 11.8 Å². The van der Waals surface area contributed by atoms with Crippen LogP contribution in [-0.4, -0.2) is 36.2 Å². The molecule has 0 bridgehead atoms. The van der Waals surface area contributed by atoms with Crippen LogP contribution in [0.25, 0.3) is 0 Å². The molecule has 0 aromatic rings. The van der Waals surface area contributed by atoms with E-state index in [9.17, 15) is 14.4 Å². The van der Waals surface area contributed by atoms with Crippen molar-refractivity contribution in [3.8, 4) is 0 Å². The summed E-state index contributed by atoms with van der Waals surface area (Å²) in [4.78, 5) is 33.6. The molecule has 3 heterocycles. The monoisotopic (exact) mass is 504 g/mol. The second-order valence-corrected chi connectivity index (χ2v) is 12.5. The van der Waals surface area contributed by atoms with Crippen molar-refractivity contribution in [2.75, 3.05) is 0 Å². The topological polar surface area (TPSA) is 78.9 Å². The summed E-state index contributed by atoms with van der Waals surface area (Å²) in [5.74, 6) is 2.92. The Bertz CT molecular complexity index is 723. The molecular formula is C30H48O6. The quantitative estimate of drug-likeness (QED) is 0.281. The van der Waals surface area contributed by atoms with E-state index in [0.29, 0.717) is 30.1 Å². The molecule has 204 valence electrons. The van der Waals surface area contributed by atoms with Gasteiger partial charge in [-0.15, -0.1) is 0 Å². The van der Waals surface area contributed by atoms with Crippen LogP contribution in [0, 0.1) is 35.5 Å². The minimum absolute atomic E-state index is 0.0191. The number of rotatable bonds is 0. The van der Waals surface area contributed by atoms with Gasteiger partial charge < -0.3 is 14.2 Å². The van der Waals surface area contributed by atoms with E-state index in [-0.39, 0.29) is 48.1 Å². The van der Waals surface area contributed by atoms with Gasteiger partial charge in [0.25, 0.3) is 0 Å². The highest BCUT2D eigenvalue weighted by Gasteiger charge is 2.38. The van der Waals surface area contributed by atoms with Crippen LogP contribution in [0.1, 0.15) is 117 Å². The van der Waals surface area contributed by atoms with E-state index >= 15 is 0 Å². The molecule has 6 fully saturated rings. The summed E-state index contributed by atoms with van der Waals surface area (Å²) in [6.07, 6.45) is 18.3. The first kappa shape index (κ1) is 27.4. The number of hydrogen-bond acceptors (Lipinski definition) is 6. The van der Waals surface area contributed by atoms with Crippen LogP contribution in [0.15, 0.2) is 0 Å². The minimum atomic E-state index is 0.0191. The maximum atomic E-state index is 11.2. The fraction of sp³-hybridized carbons (Fsp3) is 0.900. The summed E-state index contributed by atoms with van der Waals surface area (Å²) in [6, 6.07) is 0. The molecule has 0 aromatic carbocycles. The van der Waals surface area contributed by atoms with Gasteiger partial charge in [-0.3, -0.25) is 14.4 Å². The molecule has 6 heteroatoms. The highest BCUT2D eigenvalue weighted by atomic mass is 16.6. The van der Waals surface area contributed by atoms with Gasteiger partial charge in [0.2, 0.25) is 0 Å². The van der Waals surface area contributed by atoms with Crippen molar-refractivity contribution in [1.29, 1.82) is 0 Å². The lowest BCUT2D eigenvalue weighted by Gasteiger charge is -2.38. The molecule has 3 saturated carbocycles. The van der Waals surface area contributed by atoms with Crippen LogP contribution in [-0.2, 0) is 28.6 Å². The van der Waals surface area contributed by atoms with E-state index in [0.717, 1.165) is 32.1 Å². The van der Waals surface area contributed by atoms with Gasteiger partial charge in [0.15, 0.2) is 0 Å². The molecule has 6 nitrogen and oxygen atoms in total. The highest BCUT2D eigenvalue weighted by molar-refractivity contribution is 5.73. The van der Waals surface area contributed by atoms with Crippen molar-refractivity contribution < 1.29 is 28.6 Å². The van der Waals surface area contributed by atoms with Crippen LogP contribution in [0.3, 0.4) is 0 Å². The molecular weight excluding hydrogens is 456 g/mol. The molecule has 9 unspecified atom stereocenters. The number of fused-ring (bicyclic) bond motifs is 3. The molecule has 3 aliphatic heterocycles. The summed E-state index contributed by atoms with van der Waals surface area (Å²) >= 11 is 0. The maximum absolute atomic E-state index is 11.2. The molecule has 6 rings (SSSR count). The van der Waals surface area contributed by atoms with Gasteiger partial charge in [0, 0.05) is 6.42 Å². The number of carbonyl (C=O) groups is 3. The Morgan fingerprint density at radius 3 is 1.53 bits per heavy atom. The van der Waals surface area contributed by atoms with Gasteiger partial charge in [-0.2, -0.15) is 0 Å². The van der Waals surface area contributed by atoms with Crippen molar-refractivity contribution in [2.24, 2.45) is 35.5 Å². The Morgan fingerprint density at radius 2 is 1.00 bits per heavy atom. The number of hydrogen-bond donors (Lipinski definition) is 0. The lowest BCUT2D eigenvalue weighted by atomic mass is 9.76. The zero-order valence-electron chi connectivity index (χ0n) is 22.8. The van der Waals surface area contributed by atoms with E-state index in [4.69, 9.17) is 14.2 Å². The molecule has 3 saturated heterocycles. The predicted octanol–water partition coefficient (Wildman–Crippen LogP) is 6.38. The first-order valence-electron chi connectivity index (χ1n) is 14.9. The molecule has 0 aromatic heterocycles. The van der Waals surface area contributed by atoms with E-state index in [2.05, 4.69) is 6.92 Å². The molecule has 36 heavy (non-hydrogen) atoms. The highest BCUT2D eigenvalue weighted by Crippen LogP contribution is 2.38. The molecule has 0 radical (unpaired) electrons. The Kier molecular flexibility index (Phi) is 9.74. The van der Waals surface area contributed by atoms with Crippen molar-refractivity contribution >= 4 is 17.9 Å². The molecule has 9 atom stereocenters. The second-order valence-electron chi connectivity index (χ2n) is 12.5. The van der Waals surface area contributed by atoms with Crippen LogP contribution in [0.4, 0.5) is 0 Å². The van der Waals surface area contributed by atoms with Gasteiger partial charge >= 0.3 is 17.9 Å². The van der Waals surface area contributed by atoms with E-state index in [1.165, 1.54) is 57.8 Å². The van der Waals surface area contributed by atoms with Crippen molar-refractivity contribution in [2.45, 2.75) is 135 Å². The average Bonchev–Trinajstić information content (AvgIpc) is 2.86. The Morgan fingerprint density at radius 1 is 0.556 bits per heavy atom. The summed E-state index contributed by atoms with van der Waals surface area (Å²) in [5.41, 5.74) is 0. The summed E-state index contributed by atoms with van der Waals surface area (Å²) in [5, 5.41) is 0. The van der Waals surface area contributed by atoms with Crippen molar-refractivity contribution in [3.63, 3.8) is 0 Å². The lowest BCUT2D eigenvalue weighted by Crippen LogP contribution is -2.39. The van der Waals surface area contributed by atoms with Crippen LogP contribution < -0.4 is 0 Å². The fourth-order valence-corrected chi connectivity index (χ4v) is 7.38. The molecule has 6 aliphatic rings. The standard InChI is InChI=1S/3C10H16O2/c1-7-6-10(11)12-9-5-3-2-4-8(7)9;2*1-7-6-8-4-2-3-5-9(8)12-10(7)11/h3*7-9H,2-6H2,1H3. The van der Waals surface area contributed by atoms with Crippen molar-refractivity contribution in [3.05, 3.63) is 0 Å². The first-order valence-corrected chi connectivity index (χ1v) is 14.9. The van der Waals surface area contributed by atoms with Gasteiger partial charge in [-0.05, 0) is 94.3 Å². The van der Waals surface area contributed by atoms with Gasteiger partial charge in [0.1, 0.15) is 18.3 Å². The summed E-state index contributed by atoms with van der Waals surface area (Å²) in [7, 11) is 0. The zero-order valence-corrected chi connectivity index (χ0v) is 22.8. The summed E-state index contributed by atoms with van der Waals surface area (Å²) in [6.45, 7) is 6.14. The Labute approximate surface area is 217 Å². The SMILES string of the molecule is CC1CC(=O)OC2CCCCC12.CC1CC2CCCCC2OC1=O.CC1CC2CCCCC2OC1=O. The third-order valence-corrected chi connectivity index (χ3v) is 9.59. The van der Waals surface area contributed by atoms with E-state index in [1.54, 1.807) is 0 Å². The molecule has 0 amide bonds. The molecule has 0 N–H and O–H groups in total. The van der Waals surface area contributed by atoms with Crippen LogP contribution in [0.2, 0.25) is 0 Å². The number of carbonyl (C=O) groups excluding carboxylic acids is 3. The zero-order chi connectivity index (χ0) is 25.7. The van der Waals surface area contributed by atoms with Gasteiger partial charge in [-0.1, -0.05) is 40.0 Å². The Hall–Kier alpha value is -1.59. The molecule has 3 aliphatic carbocycles. The average molecular weight is 505 g/mol. The smallest absolute Gasteiger partial charge is 0.308 e. The summed E-state index contributed by atoms with van der Waals surface area (Å²) < 4.78 is 16.0. The van der Waals surface area contributed by atoms with Gasteiger partial charge in [-0.25, -0.2) is 0 Å². The third kappa shape index (κ3) is 7.04. The van der Waals surface area contributed by atoms with E-state index < -0.39 is 0 Å². The minimum Gasteiger partial charge on any atom is -0.462 e.